The Morgan fingerprint density at radius 2 is 2.04 bits per heavy atom. The predicted octanol–water partition coefficient (Wildman–Crippen LogP) is 4.23. The molecule has 1 atom stereocenters. The van der Waals surface area contributed by atoms with E-state index in [0.29, 0.717) is 29.3 Å². The number of rotatable bonds is 6. The highest BCUT2D eigenvalue weighted by atomic mass is 16.3. The largest absolute Gasteiger partial charge is 0.507 e. The Morgan fingerprint density at radius 3 is 2.64 bits per heavy atom. The Balaban J connectivity index is 1.97. The van der Waals surface area contributed by atoms with E-state index in [-0.39, 0.29) is 23.7 Å². The van der Waals surface area contributed by atoms with E-state index in [4.69, 9.17) is 0 Å². The highest BCUT2D eigenvalue weighted by Crippen LogP contribution is 2.39. The van der Waals surface area contributed by atoms with Gasteiger partial charge in [0.1, 0.15) is 5.75 Å². The van der Waals surface area contributed by atoms with Gasteiger partial charge in [-0.1, -0.05) is 20.3 Å². The average Bonchev–Trinajstić information content (AvgIpc) is 3.06. The molecule has 1 heterocycles. The van der Waals surface area contributed by atoms with Crippen LogP contribution < -0.4 is 10.6 Å². The molecule has 3 N–H and O–H groups in total. The van der Waals surface area contributed by atoms with Crippen LogP contribution in [-0.4, -0.2) is 32.9 Å². The highest BCUT2D eigenvalue weighted by molar-refractivity contribution is 5.91. The van der Waals surface area contributed by atoms with Crippen LogP contribution in [0.2, 0.25) is 0 Å². The van der Waals surface area contributed by atoms with Gasteiger partial charge in [0.05, 0.1) is 11.4 Å². The van der Waals surface area contributed by atoms with Crippen molar-refractivity contribution >= 4 is 17.6 Å². The summed E-state index contributed by atoms with van der Waals surface area (Å²) in [5.41, 5.74) is 2.46. The first-order valence-electron chi connectivity index (χ1n) is 9.97. The van der Waals surface area contributed by atoms with Gasteiger partial charge in [-0.3, -0.25) is 4.79 Å². The zero-order valence-electron chi connectivity index (χ0n) is 16.7. The third-order valence-corrected chi connectivity index (χ3v) is 5.31. The molecule has 0 radical (unpaired) electrons. The number of anilines is 1. The summed E-state index contributed by atoms with van der Waals surface area (Å²) in [7, 11) is 0. The van der Waals surface area contributed by atoms with Gasteiger partial charge < -0.3 is 15.7 Å². The molecule has 2 amide bonds. The molecule has 28 heavy (non-hydrogen) atoms. The number of carbonyl (C=O) groups is 2. The second-order valence-corrected chi connectivity index (χ2v) is 7.39. The number of hydrogen-bond acceptors (Lipinski definition) is 4. The lowest BCUT2D eigenvalue weighted by atomic mass is 9.82. The predicted molar refractivity (Wildman–Crippen MR) is 109 cm³/mol. The van der Waals surface area contributed by atoms with Gasteiger partial charge in [0.15, 0.2) is 0 Å². The Hall–Kier alpha value is -2.83. The molecule has 7 nitrogen and oxygen atoms in total. The Kier molecular flexibility index (Phi) is 6.02. The molecule has 3 rings (SSSR count). The average molecular weight is 384 g/mol. The molecular weight excluding hydrogens is 356 g/mol. The standard InChI is InChI=1S/C21H28N4O3/c1-4-13(3)22-21(28)25-18(14-7-6-8-14)12-17(24-25)16-11-15(9-10-19(16)26)23-20(27)5-2/h9-14,26H,4-8H2,1-3H3,(H,22,28)(H,23,27). The van der Waals surface area contributed by atoms with E-state index >= 15 is 0 Å². The molecule has 0 saturated heterocycles. The number of phenolic OH excluding ortho intramolecular Hbond substituents is 1. The maximum Gasteiger partial charge on any atom is 0.342 e. The zero-order chi connectivity index (χ0) is 20.3. The minimum absolute atomic E-state index is 0.0513. The van der Waals surface area contributed by atoms with Crippen LogP contribution in [-0.2, 0) is 4.79 Å². The summed E-state index contributed by atoms with van der Waals surface area (Å²) >= 11 is 0. The fourth-order valence-corrected chi connectivity index (χ4v) is 3.13. The number of hydrogen-bond donors (Lipinski definition) is 3. The summed E-state index contributed by atoms with van der Waals surface area (Å²) in [4.78, 5) is 24.4. The number of amides is 2. The van der Waals surface area contributed by atoms with E-state index in [9.17, 15) is 14.7 Å². The molecule has 1 aliphatic rings. The number of nitrogens with one attached hydrogen (secondary N) is 2. The van der Waals surface area contributed by atoms with Crippen LogP contribution >= 0.6 is 0 Å². The fraction of sp³-hybridized carbons (Fsp3) is 0.476. The van der Waals surface area contributed by atoms with Crippen LogP contribution in [0.3, 0.4) is 0 Å². The molecule has 2 aromatic rings. The number of nitrogens with zero attached hydrogens (tertiary/aromatic N) is 2. The van der Waals surface area contributed by atoms with E-state index in [1.165, 1.54) is 10.7 Å². The first-order chi connectivity index (χ1) is 13.4. The molecule has 7 heteroatoms. The van der Waals surface area contributed by atoms with Gasteiger partial charge in [0.2, 0.25) is 5.91 Å². The minimum atomic E-state index is -0.252. The summed E-state index contributed by atoms with van der Waals surface area (Å²) in [5, 5.41) is 20.6. The normalized spacial score (nSPS) is 15.0. The van der Waals surface area contributed by atoms with Crippen molar-refractivity contribution in [2.75, 3.05) is 5.32 Å². The molecule has 150 valence electrons. The van der Waals surface area contributed by atoms with E-state index in [2.05, 4.69) is 15.7 Å². The first kappa shape index (κ1) is 19.9. The summed E-state index contributed by atoms with van der Waals surface area (Å²) < 4.78 is 1.43. The monoisotopic (exact) mass is 384 g/mol. The van der Waals surface area contributed by atoms with Crippen molar-refractivity contribution in [3.63, 3.8) is 0 Å². The third-order valence-electron chi connectivity index (χ3n) is 5.31. The molecule has 1 unspecified atom stereocenters. The summed E-state index contributed by atoms with van der Waals surface area (Å²) in [5.74, 6) is 0.251. The van der Waals surface area contributed by atoms with Crippen LogP contribution in [0.15, 0.2) is 24.3 Å². The lowest BCUT2D eigenvalue weighted by molar-refractivity contribution is -0.115. The number of benzene rings is 1. The second kappa shape index (κ2) is 8.46. The second-order valence-electron chi connectivity index (χ2n) is 7.39. The van der Waals surface area contributed by atoms with Crippen molar-refractivity contribution < 1.29 is 14.7 Å². The Bertz CT molecular complexity index is 871. The SMILES string of the molecule is CCC(=O)Nc1ccc(O)c(-c2cc(C3CCC3)n(C(=O)NC(C)CC)n2)c1. The van der Waals surface area contributed by atoms with Gasteiger partial charge in [-0.2, -0.15) is 9.78 Å². The van der Waals surface area contributed by atoms with Gasteiger partial charge in [0, 0.05) is 29.6 Å². The summed E-state index contributed by atoms with van der Waals surface area (Å²) in [6.45, 7) is 5.75. The quantitative estimate of drug-likeness (QED) is 0.650. The van der Waals surface area contributed by atoms with Crippen molar-refractivity contribution in [3.8, 4) is 17.0 Å². The molecular formula is C21H28N4O3. The van der Waals surface area contributed by atoms with Gasteiger partial charge in [-0.15, -0.1) is 0 Å². The number of carbonyl (C=O) groups excluding carboxylic acids is 2. The van der Waals surface area contributed by atoms with Gasteiger partial charge in [-0.25, -0.2) is 4.79 Å². The smallest absolute Gasteiger partial charge is 0.342 e. The fourth-order valence-electron chi connectivity index (χ4n) is 3.13. The van der Waals surface area contributed by atoms with E-state index in [1.54, 1.807) is 19.1 Å². The number of phenols is 1. The van der Waals surface area contributed by atoms with Gasteiger partial charge in [-0.05, 0) is 50.5 Å². The Labute approximate surface area is 165 Å². The maximum absolute atomic E-state index is 12.7. The van der Waals surface area contributed by atoms with E-state index in [1.807, 2.05) is 19.9 Å². The lowest BCUT2D eigenvalue weighted by Crippen LogP contribution is -2.37. The van der Waals surface area contributed by atoms with Gasteiger partial charge in [0.25, 0.3) is 0 Å². The van der Waals surface area contributed by atoms with Crippen LogP contribution in [0.25, 0.3) is 11.3 Å². The zero-order valence-corrected chi connectivity index (χ0v) is 16.7. The van der Waals surface area contributed by atoms with Crippen molar-refractivity contribution in [3.05, 3.63) is 30.0 Å². The van der Waals surface area contributed by atoms with Crippen LogP contribution in [0.1, 0.15) is 64.5 Å². The first-order valence-corrected chi connectivity index (χ1v) is 9.97. The van der Waals surface area contributed by atoms with Gasteiger partial charge >= 0.3 is 6.03 Å². The number of aromatic hydroxyl groups is 1. The maximum atomic E-state index is 12.7. The molecule has 1 saturated carbocycles. The van der Waals surface area contributed by atoms with Crippen molar-refractivity contribution in [2.45, 2.75) is 64.8 Å². The molecule has 1 aliphatic carbocycles. The van der Waals surface area contributed by atoms with E-state index < -0.39 is 0 Å². The van der Waals surface area contributed by atoms with Crippen molar-refractivity contribution in [1.82, 2.24) is 15.1 Å². The molecule has 1 aromatic carbocycles. The molecule has 0 aliphatic heterocycles. The topological polar surface area (TPSA) is 96.2 Å². The molecule has 0 spiro atoms. The van der Waals surface area contributed by atoms with Crippen LogP contribution in [0, 0.1) is 0 Å². The Morgan fingerprint density at radius 1 is 1.29 bits per heavy atom. The summed E-state index contributed by atoms with van der Waals surface area (Å²) in [6, 6.07) is 6.54. The summed E-state index contributed by atoms with van der Waals surface area (Å²) in [6.07, 6.45) is 4.40. The van der Waals surface area contributed by atoms with Crippen molar-refractivity contribution in [2.24, 2.45) is 0 Å². The van der Waals surface area contributed by atoms with Crippen LogP contribution in [0.5, 0.6) is 5.75 Å². The lowest BCUT2D eigenvalue weighted by Gasteiger charge is -2.25. The highest BCUT2D eigenvalue weighted by Gasteiger charge is 2.28. The molecule has 1 aromatic heterocycles. The third kappa shape index (κ3) is 4.18. The van der Waals surface area contributed by atoms with E-state index in [0.717, 1.165) is 31.4 Å². The van der Waals surface area contributed by atoms with Crippen molar-refractivity contribution in [1.29, 1.82) is 0 Å². The number of aromatic nitrogens is 2. The minimum Gasteiger partial charge on any atom is -0.507 e. The van der Waals surface area contributed by atoms with Crippen LogP contribution in [0.4, 0.5) is 10.5 Å². The molecule has 1 fully saturated rings. The molecule has 0 bridgehead atoms.